The molecule has 0 saturated carbocycles. The van der Waals surface area contributed by atoms with Crippen molar-refractivity contribution in [3.63, 3.8) is 0 Å². The summed E-state index contributed by atoms with van der Waals surface area (Å²) in [5, 5.41) is 4.81. The molecule has 2 aliphatic rings. The normalized spacial score (nSPS) is 29.1. The molecule has 2 saturated heterocycles. The van der Waals surface area contributed by atoms with Gasteiger partial charge in [0.05, 0.1) is 0 Å². The van der Waals surface area contributed by atoms with Gasteiger partial charge in [-0.2, -0.15) is 0 Å². The van der Waals surface area contributed by atoms with Crippen molar-refractivity contribution >= 4 is 0 Å². The first-order valence-electron chi connectivity index (χ1n) is 7.38. The molecule has 2 heterocycles. The highest BCUT2D eigenvalue weighted by atomic mass is 16.5. The van der Waals surface area contributed by atoms with Crippen LogP contribution in [0, 0.1) is 5.92 Å². The van der Waals surface area contributed by atoms with Gasteiger partial charge in [0.25, 0.3) is 0 Å². The lowest BCUT2D eigenvalue weighted by Gasteiger charge is -2.36. The summed E-state index contributed by atoms with van der Waals surface area (Å²) in [6.45, 7) is 2.75. The van der Waals surface area contributed by atoms with E-state index >= 15 is 0 Å². The van der Waals surface area contributed by atoms with Gasteiger partial charge in [-0.15, -0.1) is 0 Å². The third-order valence-corrected chi connectivity index (χ3v) is 4.18. The first kappa shape index (κ1) is 12.9. The molecule has 1 aromatic rings. The Balaban J connectivity index is 1.55. The van der Waals surface area contributed by atoms with Crippen LogP contribution in [0.1, 0.15) is 25.7 Å². The Morgan fingerprint density at radius 1 is 1.05 bits per heavy atom. The van der Waals surface area contributed by atoms with E-state index < -0.39 is 0 Å². The lowest BCUT2D eigenvalue weighted by Crippen LogP contribution is -2.43. The fraction of sp³-hybridized carbons (Fsp3) is 0.625. The van der Waals surface area contributed by atoms with Gasteiger partial charge in [0.15, 0.2) is 0 Å². The van der Waals surface area contributed by atoms with Crippen molar-refractivity contribution in [1.29, 1.82) is 0 Å². The third kappa shape index (κ3) is 3.48. The maximum Gasteiger partial charge on any atom is 0.119 e. The lowest BCUT2D eigenvalue weighted by atomic mass is 9.85. The van der Waals surface area contributed by atoms with Crippen LogP contribution in [-0.2, 0) is 4.74 Å². The van der Waals surface area contributed by atoms with E-state index in [4.69, 9.17) is 14.8 Å². The molecule has 0 aromatic heterocycles. The van der Waals surface area contributed by atoms with E-state index in [0.29, 0.717) is 18.1 Å². The molecule has 1 aromatic carbocycles. The Morgan fingerprint density at radius 3 is 2.63 bits per heavy atom. The second-order valence-corrected chi connectivity index (χ2v) is 5.50. The highest BCUT2D eigenvalue weighted by Gasteiger charge is 2.31. The monoisotopic (exact) mass is 260 g/mol. The van der Waals surface area contributed by atoms with Crippen LogP contribution in [0.4, 0.5) is 0 Å². The first-order valence-corrected chi connectivity index (χ1v) is 7.38. The van der Waals surface area contributed by atoms with E-state index in [2.05, 4.69) is 0 Å². The Kier molecular flexibility index (Phi) is 4.36. The smallest absolute Gasteiger partial charge is 0.119 e. The zero-order valence-electron chi connectivity index (χ0n) is 11.3. The summed E-state index contributed by atoms with van der Waals surface area (Å²) in [5.74, 6) is 1.69. The van der Waals surface area contributed by atoms with Gasteiger partial charge in [0, 0.05) is 32.2 Å². The molecule has 103 valence electrons. The average Bonchev–Trinajstić information content (AvgIpc) is 2.49. The minimum Gasteiger partial charge on any atom is -0.490 e. The molecular formula is C16H22NO2. The van der Waals surface area contributed by atoms with Gasteiger partial charge in [0.2, 0.25) is 0 Å². The van der Waals surface area contributed by atoms with Gasteiger partial charge in [-0.1, -0.05) is 18.2 Å². The standard InChI is InChI=1S/C16H22NO2/c1-2-4-14(5-3-1)19-15-6-9-17-16(12-15)13-7-10-18-11-8-13/h1-5,13,15-16H,6-12H2. The summed E-state index contributed by atoms with van der Waals surface area (Å²) in [6.07, 6.45) is 4.76. The zero-order chi connectivity index (χ0) is 12.9. The average molecular weight is 260 g/mol. The van der Waals surface area contributed by atoms with E-state index in [-0.39, 0.29) is 0 Å². The zero-order valence-corrected chi connectivity index (χ0v) is 11.3. The summed E-state index contributed by atoms with van der Waals surface area (Å²) in [4.78, 5) is 0. The highest BCUT2D eigenvalue weighted by molar-refractivity contribution is 5.21. The summed E-state index contributed by atoms with van der Waals surface area (Å²) in [7, 11) is 0. The number of rotatable bonds is 3. The molecule has 0 N–H and O–H groups in total. The van der Waals surface area contributed by atoms with Gasteiger partial charge in [-0.3, -0.25) is 0 Å². The van der Waals surface area contributed by atoms with Crippen molar-refractivity contribution in [1.82, 2.24) is 5.32 Å². The number of nitrogens with zero attached hydrogens (tertiary/aromatic N) is 1. The maximum absolute atomic E-state index is 6.09. The van der Waals surface area contributed by atoms with Crippen molar-refractivity contribution in [2.75, 3.05) is 19.8 Å². The SMILES string of the molecule is c1ccc(OC2CC[N]C(C3CCOCC3)C2)cc1. The molecule has 3 heteroatoms. The highest BCUT2D eigenvalue weighted by Crippen LogP contribution is 2.27. The van der Waals surface area contributed by atoms with Crippen molar-refractivity contribution in [3.8, 4) is 5.75 Å². The molecule has 0 aliphatic carbocycles. The molecule has 1 radical (unpaired) electrons. The van der Waals surface area contributed by atoms with Crippen molar-refractivity contribution in [3.05, 3.63) is 30.3 Å². The topological polar surface area (TPSA) is 32.6 Å². The van der Waals surface area contributed by atoms with E-state index in [9.17, 15) is 0 Å². The van der Waals surface area contributed by atoms with Crippen molar-refractivity contribution in [2.45, 2.75) is 37.8 Å². The van der Waals surface area contributed by atoms with Crippen LogP contribution in [0.5, 0.6) is 5.75 Å². The third-order valence-electron chi connectivity index (χ3n) is 4.18. The fourth-order valence-electron chi connectivity index (χ4n) is 3.09. The molecule has 0 spiro atoms. The van der Waals surface area contributed by atoms with Crippen LogP contribution >= 0.6 is 0 Å². The van der Waals surface area contributed by atoms with Gasteiger partial charge in [-0.05, 0) is 37.3 Å². The van der Waals surface area contributed by atoms with E-state index in [1.165, 1.54) is 0 Å². The Morgan fingerprint density at radius 2 is 1.84 bits per heavy atom. The van der Waals surface area contributed by atoms with E-state index in [1.807, 2.05) is 30.3 Å². The predicted octanol–water partition coefficient (Wildman–Crippen LogP) is 2.63. The van der Waals surface area contributed by atoms with Crippen molar-refractivity contribution in [2.24, 2.45) is 5.92 Å². The van der Waals surface area contributed by atoms with Gasteiger partial charge < -0.3 is 9.47 Å². The minimum absolute atomic E-state index is 0.327. The van der Waals surface area contributed by atoms with Crippen molar-refractivity contribution < 1.29 is 9.47 Å². The van der Waals surface area contributed by atoms with Crippen LogP contribution in [0.2, 0.25) is 0 Å². The minimum atomic E-state index is 0.327. The summed E-state index contributed by atoms with van der Waals surface area (Å²) < 4.78 is 11.5. The van der Waals surface area contributed by atoms with Gasteiger partial charge >= 0.3 is 0 Å². The van der Waals surface area contributed by atoms with E-state index in [0.717, 1.165) is 51.2 Å². The molecule has 2 aliphatic heterocycles. The lowest BCUT2D eigenvalue weighted by molar-refractivity contribution is 0.0357. The molecule has 19 heavy (non-hydrogen) atoms. The van der Waals surface area contributed by atoms with Gasteiger partial charge in [-0.25, -0.2) is 5.32 Å². The second kappa shape index (κ2) is 6.40. The Labute approximate surface area is 115 Å². The molecular weight excluding hydrogens is 238 g/mol. The molecule has 2 atom stereocenters. The van der Waals surface area contributed by atoms with Crippen LogP contribution < -0.4 is 10.1 Å². The number of ether oxygens (including phenoxy) is 2. The molecule has 2 unspecified atom stereocenters. The summed E-state index contributed by atoms with van der Waals surface area (Å²) in [6, 6.07) is 10.6. The molecule has 0 bridgehead atoms. The fourth-order valence-corrected chi connectivity index (χ4v) is 3.09. The second-order valence-electron chi connectivity index (χ2n) is 5.50. The van der Waals surface area contributed by atoms with Crippen LogP contribution in [-0.4, -0.2) is 31.9 Å². The number of hydrogen-bond acceptors (Lipinski definition) is 2. The molecule has 3 nitrogen and oxygen atoms in total. The predicted molar refractivity (Wildman–Crippen MR) is 74.4 cm³/mol. The number of benzene rings is 1. The Bertz CT molecular complexity index is 376. The Hall–Kier alpha value is -1.06. The first-order chi connectivity index (χ1) is 9.42. The number of para-hydroxylation sites is 1. The maximum atomic E-state index is 6.09. The van der Waals surface area contributed by atoms with Gasteiger partial charge in [0.1, 0.15) is 11.9 Å². The number of hydrogen-bond donors (Lipinski definition) is 0. The van der Waals surface area contributed by atoms with Crippen LogP contribution in [0.25, 0.3) is 0 Å². The molecule has 3 rings (SSSR count). The van der Waals surface area contributed by atoms with Crippen LogP contribution in [0.15, 0.2) is 30.3 Å². The molecule has 0 amide bonds. The van der Waals surface area contributed by atoms with E-state index in [1.54, 1.807) is 0 Å². The largest absolute Gasteiger partial charge is 0.490 e. The summed E-state index contributed by atoms with van der Waals surface area (Å²) >= 11 is 0. The molecule has 2 fully saturated rings. The summed E-state index contributed by atoms with van der Waals surface area (Å²) in [5.41, 5.74) is 0. The quantitative estimate of drug-likeness (QED) is 0.837. The van der Waals surface area contributed by atoms with Crippen LogP contribution in [0.3, 0.4) is 0 Å². The number of piperidine rings is 1.